The Balaban J connectivity index is 4.94. The molecule has 0 saturated heterocycles. The van der Waals surface area contributed by atoms with Crippen molar-refractivity contribution in [3.63, 3.8) is 0 Å². The number of carbonyl (C=O) groups excluding carboxylic acids is 5. The number of nitrogens with one attached hydrogen (secondary N) is 3. The molecular formula is C14H24N6O7. The summed E-state index contributed by atoms with van der Waals surface area (Å²) in [6.45, 7) is 0.656. The second-order valence-electron chi connectivity index (χ2n) is 5.68. The highest BCUT2D eigenvalue weighted by molar-refractivity contribution is 5.94. The minimum atomic E-state index is -1.30. The fraction of sp³-hybridized carbons (Fsp3) is 0.571. The highest BCUT2D eigenvalue weighted by atomic mass is 16.4. The minimum Gasteiger partial charge on any atom is -0.480 e. The summed E-state index contributed by atoms with van der Waals surface area (Å²) >= 11 is 0. The van der Waals surface area contributed by atoms with E-state index in [9.17, 15) is 28.8 Å². The molecule has 5 amide bonds. The molecule has 0 rings (SSSR count). The number of carboxylic acids is 1. The van der Waals surface area contributed by atoms with Crippen LogP contribution in [0.4, 0.5) is 0 Å². The van der Waals surface area contributed by atoms with E-state index in [0.29, 0.717) is 0 Å². The van der Waals surface area contributed by atoms with Crippen molar-refractivity contribution in [1.82, 2.24) is 16.0 Å². The standard InChI is InChI=1S/C14H24N6O7/c1-6(12(25)18-5-11(23)24)19-14(27)8(2-3-9(16)21)20-13(26)7(15)4-10(17)22/h6-8H,2-5,15H2,1H3,(H2,16,21)(H2,17,22)(H,18,25)(H,19,27)(H,20,26)(H,23,24). The molecule has 0 fully saturated rings. The number of amides is 5. The monoisotopic (exact) mass is 388 g/mol. The molecule has 0 radical (unpaired) electrons. The third-order valence-electron chi connectivity index (χ3n) is 3.24. The van der Waals surface area contributed by atoms with Gasteiger partial charge in [0.2, 0.25) is 29.5 Å². The first-order valence-corrected chi connectivity index (χ1v) is 7.86. The molecule has 0 aliphatic heterocycles. The van der Waals surface area contributed by atoms with Gasteiger partial charge in [-0.2, -0.15) is 0 Å². The molecule has 152 valence electrons. The van der Waals surface area contributed by atoms with Gasteiger partial charge in [-0.15, -0.1) is 0 Å². The molecule has 0 spiro atoms. The van der Waals surface area contributed by atoms with Gasteiger partial charge in [0.05, 0.1) is 12.5 Å². The largest absolute Gasteiger partial charge is 0.480 e. The maximum atomic E-state index is 12.3. The van der Waals surface area contributed by atoms with Crippen LogP contribution in [-0.4, -0.2) is 65.3 Å². The molecular weight excluding hydrogens is 364 g/mol. The van der Waals surface area contributed by atoms with Gasteiger partial charge in [0.25, 0.3) is 0 Å². The molecule has 0 aromatic heterocycles. The Morgan fingerprint density at radius 1 is 0.926 bits per heavy atom. The van der Waals surface area contributed by atoms with Crippen LogP contribution in [-0.2, 0) is 28.8 Å². The molecule has 13 heteroatoms. The number of rotatable bonds is 12. The van der Waals surface area contributed by atoms with Gasteiger partial charge < -0.3 is 38.3 Å². The van der Waals surface area contributed by atoms with Gasteiger partial charge in [-0.25, -0.2) is 0 Å². The average Bonchev–Trinajstić information content (AvgIpc) is 2.54. The lowest BCUT2D eigenvalue weighted by molar-refractivity contribution is -0.138. The Labute approximate surface area is 154 Å². The van der Waals surface area contributed by atoms with Crippen molar-refractivity contribution in [3.05, 3.63) is 0 Å². The molecule has 13 nitrogen and oxygen atoms in total. The van der Waals surface area contributed by atoms with E-state index in [0.717, 1.165) is 0 Å². The summed E-state index contributed by atoms with van der Waals surface area (Å²) < 4.78 is 0. The third kappa shape index (κ3) is 10.4. The van der Waals surface area contributed by atoms with Crippen LogP contribution in [0.25, 0.3) is 0 Å². The van der Waals surface area contributed by atoms with E-state index in [4.69, 9.17) is 22.3 Å². The topological polar surface area (TPSA) is 237 Å². The van der Waals surface area contributed by atoms with Crippen LogP contribution in [0.2, 0.25) is 0 Å². The van der Waals surface area contributed by atoms with E-state index in [1.165, 1.54) is 6.92 Å². The predicted octanol–water partition coefficient (Wildman–Crippen LogP) is -4.36. The number of carbonyl (C=O) groups is 6. The summed E-state index contributed by atoms with van der Waals surface area (Å²) in [4.78, 5) is 68.1. The zero-order chi connectivity index (χ0) is 21.1. The predicted molar refractivity (Wildman–Crippen MR) is 90.4 cm³/mol. The Kier molecular flexibility index (Phi) is 10.0. The summed E-state index contributed by atoms with van der Waals surface area (Å²) in [5.74, 6) is -5.27. The van der Waals surface area contributed by atoms with Gasteiger partial charge in [0.1, 0.15) is 18.6 Å². The number of aliphatic carboxylic acids is 1. The van der Waals surface area contributed by atoms with E-state index in [1.807, 2.05) is 0 Å². The summed E-state index contributed by atoms with van der Waals surface area (Å²) in [5, 5.41) is 15.1. The maximum absolute atomic E-state index is 12.3. The lowest BCUT2D eigenvalue weighted by atomic mass is 10.1. The molecule has 0 bridgehead atoms. The Bertz CT molecular complexity index is 609. The van der Waals surface area contributed by atoms with Crippen molar-refractivity contribution in [2.45, 2.75) is 44.3 Å². The molecule has 3 atom stereocenters. The first kappa shape index (κ1) is 23.8. The van der Waals surface area contributed by atoms with Gasteiger partial charge in [0.15, 0.2) is 0 Å². The normalized spacial score (nSPS) is 13.6. The highest BCUT2D eigenvalue weighted by Crippen LogP contribution is 2.00. The van der Waals surface area contributed by atoms with Crippen LogP contribution < -0.4 is 33.2 Å². The van der Waals surface area contributed by atoms with Crippen molar-refractivity contribution >= 4 is 35.5 Å². The number of carboxylic acid groups (broad SMARTS) is 1. The Morgan fingerprint density at radius 3 is 2.00 bits per heavy atom. The van der Waals surface area contributed by atoms with Crippen LogP contribution in [0, 0.1) is 0 Å². The van der Waals surface area contributed by atoms with Crippen LogP contribution in [0.1, 0.15) is 26.2 Å². The van der Waals surface area contributed by atoms with Crippen LogP contribution in [0.5, 0.6) is 0 Å². The van der Waals surface area contributed by atoms with Gasteiger partial charge in [0, 0.05) is 6.42 Å². The molecule has 3 unspecified atom stereocenters. The maximum Gasteiger partial charge on any atom is 0.322 e. The summed E-state index contributed by atoms with van der Waals surface area (Å²) in [6.07, 6.45) is -0.882. The first-order chi connectivity index (χ1) is 12.4. The average molecular weight is 388 g/mol. The van der Waals surface area contributed by atoms with E-state index >= 15 is 0 Å². The SMILES string of the molecule is CC(NC(=O)C(CCC(N)=O)NC(=O)C(N)CC(N)=O)C(=O)NCC(=O)O. The number of primary amides is 2. The van der Waals surface area contributed by atoms with Gasteiger partial charge in [-0.05, 0) is 13.3 Å². The van der Waals surface area contributed by atoms with Gasteiger partial charge >= 0.3 is 5.97 Å². The van der Waals surface area contributed by atoms with Gasteiger partial charge in [-0.1, -0.05) is 0 Å². The lowest BCUT2D eigenvalue weighted by Crippen LogP contribution is -2.55. The zero-order valence-corrected chi connectivity index (χ0v) is 14.7. The molecule has 0 heterocycles. The second kappa shape index (κ2) is 11.4. The van der Waals surface area contributed by atoms with Crippen LogP contribution in [0.3, 0.4) is 0 Å². The van der Waals surface area contributed by atoms with Crippen LogP contribution in [0.15, 0.2) is 0 Å². The molecule has 0 aliphatic carbocycles. The molecule has 0 aromatic rings. The summed E-state index contributed by atoms with van der Waals surface area (Å²) in [7, 11) is 0. The van der Waals surface area contributed by atoms with E-state index < -0.39 is 66.6 Å². The number of hydrogen-bond acceptors (Lipinski definition) is 7. The van der Waals surface area contributed by atoms with Crippen molar-refractivity contribution < 1.29 is 33.9 Å². The van der Waals surface area contributed by atoms with Crippen molar-refractivity contribution in [3.8, 4) is 0 Å². The smallest absolute Gasteiger partial charge is 0.322 e. The number of hydrogen-bond donors (Lipinski definition) is 7. The second-order valence-corrected chi connectivity index (χ2v) is 5.68. The lowest BCUT2D eigenvalue weighted by Gasteiger charge is -2.22. The van der Waals surface area contributed by atoms with E-state index in [1.54, 1.807) is 0 Å². The molecule has 0 aliphatic rings. The van der Waals surface area contributed by atoms with Crippen molar-refractivity contribution in [2.75, 3.05) is 6.54 Å². The van der Waals surface area contributed by atoms with E-state index in [2.05, 4.69) is 16.0 Å². The van der Waals surface area contributed by atoms with Crippen molar-refractivity contribution in [2.24, 2.45) is 17.2 Å². The van der Waals surface area contributed by atoms with Crippen molar-refractivity contribution in [1.29, 1.82) is 0 Å². The van der Waals surface area contributed by atoms with E-state index in [-0.39, 0.29) is 12.8 Å². The molecule has 10 N–H and O–H groups in total. The van der Waals surface area contributed by atoms with Gasteiger partial charge in [-0.3, -0.25) is 28.8 Å². The molecule has 0 saturated carbocycles. The minimum absolute atomic E-state index is 0.181. The quantitative estimate of drug-likeness (QED) is 0.172. The first-order valence-electron chi connectivity index (χ1n) is 7.86. The number of nitrogens with two attached hydrogens (primary N) is 3. The van der Waals surface area contributed by atoms with Crippen LogP contribution >= 0.6 is 0 Å². The Morgan fingerprint density at radius 2 is 1.52 bits per heavy atom. The summed E-state index contributed by atoms with van der Waals surface area (Å²) in [5.41, 5.74) is 15.5. The highest BCUT2D eigenvalue weighted by Gasteiger charge is 2.27. The fourth-order valence-electron chi connectivity index (χ4n) is 1.84. The molecule has 0 aromatic carbocycles. The fourth-order valence-corrected chi connectivity index (χ4v) is 1.84. The third-order valence-corrected chi connectivity index (χ3v) is 3.24. The zero-order valence-electron chi connectivity index (χ0n) is 14.7. The molecule has 27 heavy (non-hydrogen) atoms. The Hall–Kier alpha value is -3.22. The summed E-state index contributed by atoms with van der Waals surface area (Å²) in [6, 6.07) is -3.69.